The number of aromatic nitrogens is 4. The Morgan fingerprint density at radius 1 is 1.38 bits per heavy atom. The van der Waals surface area contributed by atoms with Crippen LogP contribution in [0.15, 0.2) is 6.07 Å². The van der Waals surface area contributed by atoms with Crippen LogP contribution in [0.4, 0.5) is 17.6 Å². The first kappa shape index (κ1) is 14.8. The molecule has 2 aromatic heterocycles. The summed E-state index contributed by atoms with van der Waals surface area (Å²) < 4.78 is 6.39. The summed E-state index contributed by atoms with van der Waals surface area (Å²) in [7, 11) is 1.64. The number of nitrogens with one attached hydrogen (secondary N) is 1. The third-order valence-electron chi connectivity index (χ3n) is 2.78. The molecule has 3 N–H and O–H groups in total. The molecule has 0 bridgehead atoms. The molecule has 0 amide bonds. The highest BCUT2D eigenvalue weighted by atomic mass is 16.5. The standard InChI is InChI=1S/C13H18N6O2/c1-5-21-12(20)9-10(14)19(4)18-11(9)17-13-15-7(2)6-8(3)16-13/h6H,5,14H2,1-4H3,(H,15,16,17,18). The first-order chi connectivity index (χ1) is 9.92. The van der Waals surface area contributed by atoms with Crippen molar-refractivity contribution in [3.8, 4) is 0 Å². The van der Waals surface area contributed by atoms with Crippen molar-refractivity contribution in [2.45, 2.75) is 20.8 Å². The number of anilines is 3. The number of nitrogens with zero attached hydrogens (tertiary/aromatic N) is 4. The lowest BCUT2D eigenvalue weighted by Crippen LogP contribution is -2.10. The van der Waals surface area contributed by atoms with E-state index in [4.69, 9.17) is 10.5 Å². The molecule has 0 unspecified atom stereocenters. The second-order valence-corrected chi connectivity index (χ2v) is 4.55. The van der Waals surface area contributed by atoms with Crippen LogP contribution in [0.2, 0.25) is 0 Å². The van der Waals surface area contributed by atoms with Crippen molar-refractivity contribution in [1.82, 2.24) is 19.7 Å². The summed E-state index contributed by atoms with van der Waals surface area (Å²) in [4.78, 5) is 20.5. The first-order valence-electron chi connectivity index (χ1n) is 6.51. The Morgan fingerprint density at radius 3 is 2.57 bits per heavy atom. The van der Waals surface area contributed by atoms with Crippen molar-refractivity contribution in [2.75, 3.05) is 17.7 Å². The van der Waals surface area contributed by atoms with Crippen molar-refractivity contribution >= 4 is 23.6 Å². The minimum atomic E-state index is -0.532. The van der Waals surface area contributed by atoms with Crippen LogP contribution in [-0.4, -0.2) is 32.3 Å². The maximum atomic E-state index is 12.0. The lowest BCUT2D eigenvalue weighted by Gasteiger charge is -2.06. The molecular weight excluding hydrogens is 272 g/mol. The second kappa shape index (κ2) is 5.78. The van der Waals surface area contributed by atoms with Crippen LogP contribution < -0.4 is 11.1 Å². The normalized spacial score (nSPS) is 10.5. The number of nitrogens with two attached hydrogens (primary N) is 1. The molecule has 2 aromatic rings. The number of rotatable bonds is 4. The first-order valence-corrected chi connectivity index (χ1v) is 6.51. The Labute approximate surface area is 122 Å². The Hall–Kier alpha value is -2.64. The van der Waals surface area contributed by atoms with E-state index in [-0.39, 0.29) is 23.8 Å². The van der Waals surface area contributed by atoms with E-state index < -0.39 is 5.97 Å². The van der Waals surface area contributed by atoms with Crippen LogP contribution >= 0.6 is 0 Å². The number of carbonyl (C=O) groups is 1. The molecule has 0 saturated heterocycles. The van der Waals surface area contributed by atoms with Gasteiger partial charge < -0.3 is 15.8 Å². The number of aryl methyl sites for hydroxylation is 3. The van der Waals surface area contributed by atoms with Crippen molar-refractivity contribution in [3.63, 3.8) is 0 Å². The second-order valence-electron chi connectivity index (χ2n) is 4.55. The Morgan fingerprint density at radius 2 is 2.00 bits per heavy atom. The number of carbonyl (C=O) groups excluding carboxylic acids is 1. The Balaban J connectivity index is 2.39. The summed E-state index contributed by atoms with van der Waals surface area (Å²) in [6, 6.07) is 1.85. The van der Waals surface area contributed by atoms with Crippen LogP contribution in [0.1, 0.15) is 28.7 Å². The lowest BCUT2D eigenvalue weighted by atomic mass is 10.3. The average Bonchev–Trinajstić information content (AvgIpc) is 2.63. The SMILES string of the molecule is CCOC(=O)c1c(Nc2nc(C)cc(C)n2)nn(C)c1N. The van der Waals surface area contributed by atoms with Crippen molar-refractivity contribution in [2.24, 2.45) is 7.05 Å². The summed E-state index contributed by atoms with van der Waals surface area (Å²) >= 11 is 0. The molecule has 8 nitrogen and oxygen atoms in total. The quantitative estimate of drug-likeness (QED) is 0.818. The minimum absolute atomic E-state index is 0.183. The number of hydrogen-bond donors (Lipinski definition) is 2. The summed E-state index contributed by atoms with van der Waals surface area (Å²) in [5.41, 5.74) is 7.67. The third-order valence-corrected chi connectivity index (χ3v) is 2.78. The molecule has 0 atom stereocenters. The molecule has 0 aliphatic rings. The fourth-order valence-corrected chi connectivity index (χ4v) is 1.92. The molecule has 0 radical (unpaired) electrons. The third kappa shape index (κ3) is 3.10. The van der Waals surface area contributed by atoms with Crippen molar-refractivity contribution < 1.29 is 9.53 Å². The minimum Gasteiger partial charge on any atom is -0.462 e. The molecule has 0 aliphatic heterocycles. The molecule has 21 heavy (non-hydrogen) atoms. The zero-order valence-corrected chi connectivity index (χ0v) is 12.5. The van der Waals surface area contributed by atoms with E-state index in [9.17, 15) is 4.79 Å². The topological polar surface area (TPSA) is 108 Å². The predicted molar refractivity (Wildman–Crippen MR) is 78.4 cm³/mol. The molecule has 0 spiro atoms. The lowest BCUT2D eigenvalue weighted by molar-refractivity contribution is 0.0528. The highest BCUT2D eigenvalue weighted by molar-refractivity contribution is 6.00. The van der Waals surface area contributed by atoms with Gasteiger partial charge in [0.15, 0.2) is 5.82 Å². The average molecular weight is 290 g/mol. The van der Waals surface area contributed by atoms with Gasteiger partial charge in [-0.05, 0) is 26.8 Å². The summed E-state index contributed by atoms with van der Waals surface area (Å²) in [5.74, 6) is 0.324. The maximum absolute atomic E-state index is 12.0. The molecular formula is C13H18N6O2. The number of esters is 1. The number of nitrogen functional groups attached to an aromatic ring is 1. The van der Waals surface area contributed by atoms with Gasteiger partial charge in [-0.1, -0.05) is 0 Å². The largest absolute Gasteiger partial charge is 0.462 e. The van der Waals surface area contributed by atoms with E-state index in [1.165, 1.54) is 4.68 Å². The van der Waals surface area contributed by atoms with Gasteiger partial charge in [-0.2, -0.15) is 5.10 Å². The molecule has 112 valence electrons. The molecule has 2 heterocycles. The summed E-state index contributed by atoms with van der Waals surface area (Å²) in [5, 5.41) is 7.09. The van der Waals surface area contributed by atoms with Gasteiger partial charge in [0.25, 0.3) is 0 Å². The van der Waals surface area contributed by atoms with Crippen LogP contribution in [-0.2, 0) is 11.8 Å². The van der Waals surface area contributed by atoms with Gasteiger partial charge in [0.05, 0.1) is 6.61 Å². The van der Waals surface area contributed by atoms with E-state index in [0.717, 1.165) is 11.4 Å². The molecule has 0 aromatic carbocycles. The van der Waals surface area contributed by atoms with E-state index in [1.54, 1.807) is 14.0 Å². The van der Waals surface area contributed by atoms with Crippen LogP contribution in [0, 0.1) is 13.8 Å². The van der Waals surface area contributed by atoms with Gasteiger partial charge in [-0.25, -0.2) is 14.8 Å². The van der Waals surface area contributed by atoms with Crippen molar-refractivity contribution in [1.29, 1.82) is 0 Å². The molecule has 0 aliphatic carbocycles. The van der Waals surface area contributed by atoms with E-state index in [2.05, 4.69) is 20.4 Å². The van der Waals surface area contributed by atoms with Crippen LogP contribution in [0.25, 0.3) is 0 Å². The Kier molecular flexibility index (Phi) is 4.06. The monoisotopic (exact) mass is 290 g/mol. The molecule has 0 saturated carbocycles. The van der Waals surface area contributed by atoms with Gasteiger partial charge in [-0.15, -0.1) is 0 Å². The van der Waals surface area contributed by atoms with E-state index >= 15 is 0 Å². The van der Waals surface area contributed by atoms with Crippen molar-refractivity contribution in [3.05, 3.63) is 23.0 Å². The highest BCUT2D eigenvalue weighted by Gasteiger charge is 2.23. The summed E-state index contributed by atoms with van der Waals surface area (Å²) in [6.07, 6.45) is 0. The smallest absolute Gasteiger partial charge is 0.345 e. The van der Waals surface area contributed by atoms with Gasteiger partial charge in [0.2, 0.25) is 5.95 Å². The summed E-state index contributed by atoms with van der Waals surface area (Å²) in [6.45, 7) is 5.70. The zero-order chi connectivity index (χ0) is 15.6. The molecule has 0 fully saturated rings. The fourth-order valence-electron chi connectivity index (χ4n) is 1.92. The fraction of sp³-hybridized carbons (Fsp3) is 0.385. The molecule has 2 rings (SSSR count). The van der Waals surface area contributed by atoms with E-state index in [0.29, 0.717) is 5.95 Å². The van der Waals surface area contributed by atoms with Gasteiger partial charge in [0.1, 0.15) is 11.4 Å². The van der Waals surface area contributed by atoms with Gasteiger partial charge in [-0.3, -0.25) is 4.68 Å². The zero-order valence-electron chi connectivity index (χ0n) is 12.5. The highest BCUT2D eigenvalue weighted by Crippen LogP contribution is 2.24. The van der Waals surface area contributed by atoms with E-state index in [1.807, 2.05) is 19.9 Å². The van der Waals surface area contributed by atoms with Crippen LogP contribution in [0.3, 0.4) is 0 Å². The Bertz CT molecular complexity index is 659. The number of hydrogen-bond acceptors (Lipinski definition) is 7. The van der Waals surface area contributed by atoms with Gasteiger partial charge in [0, 0.05) is 18.4 Å². The molecule has 8 heteroatoms. The van der Waals surface area contributed by atoms with Crippen LogP contribution in [0.5, 0.6) is 0 Å². The number of ether oxygens (including phenoxy) is 1. The maximum Gasteiger partial charge on any atom is 0.345 e. The van der Waals surface area contributed by atoms with Gasteiger partial charge >= 0.3 is 5.97 Å². The predicted octanol–water partition coefficient (Wildman–Crippen LogP) is 1.33.